The van der Waals surface area contributed by atoms with E-state index in [0.717, 1.165) is 6.92 Å². The van der Waals surface area contributed by atoms with Crippen molar-refractivity contribution in [2.24, 2.45) is 0 Å². The minimum atomic E-state index is -4.59. The molecule has 2 atom stereocenters. The number of hydrogen-bond donors (Lipinski definition) is 0. The van der Waals surface area contributed by atoms with Gasteiger partial charge in [0.1, 0.15) is 6.17 Å². The van der Waals surface area contributed by atoms with Crippen molar-refractivity contribution >= 4 is 20.0 Å². The Kier molecular flexibility index (Phi) is 6.16. The van der Waals surface area contributed by atoms with Gasteiger partial charge in [-0.05, 0) is 36.8 Å². The normalized spacial score (nSPS) is 14.4. The zero-order chi connectivity index (χ0) is 21.1. The highest BCUT2D eigenvalue weighted by atomic mass is 32.3. The summed E-state index contributed by atoms with van der Waals surface area (Å²) in [5, 5.41) is 0. The smallest absolute Gasteiger partial charge is 0.246 e. The second-order valence-corrected chi connectivity index (χ2v) is 10.3. The van der Waals surface area contributed by atoms with Crippen molar-refractivity contribution in [3.63, 3.8) is 0 Å². The summed E-state index contributed by atoms with van der Waals surface area (Å²) in [7, 11) is -9.19. The quantitative estimate of drug-likeness (QED) is 0.561. The molecule has 5 nitrogen and oxygen atoms in total. The molecule has 0 aliphatic heterocycles. The molecule has 0 radical (unpaired) electrons. The molecular weight excluding hydrogens is 413 g/mol. The zero-order valence-electron chi connectivity index (χ0n) is 15.6. The predicted molar refractivity (Wildman–Crippen MR) is 109 cm³/mol. The number of sulfonamides is 2. The molecule has 3 aromatic rings. The van der Waals surface area contributed by atoms with Gasteiger partial charge in [-0.3, -0.25) is 0 Å². The fraction of sp³-hybridized carbons (Fsp3) is 0.143. The molecule has 8 heteroatoms. The highest BCUT2D eigenvalue weighted by Gasteiger charge is 2.45. The van der Waals surface area contributed by atoms with Crippen LogP contribution < -0.4 is 0 Å². The summed E-state index contributed by atoms with van der Waals surface area (Å²) in [6.07, 6.45) is -1.80. The van der Waals surface area contributed by atoms with Crippen molar-refractivity contribution in [1.29, 1.82) is 0 Å². The van der Waals surface area contributed by atoms with Gasteiger partial charge in [0, 0.05) is 0 Å². The minimum Gasteiger partial charge on any atom is -0.246 e. The highest BCUT2D eigenvalue weighted by molar-refractivity contribution is 8.04. The molecule has 3 rings (SSSR count). The van der Waals surface area contributed by atoms with Crippen LogP contribution >= 0.6 is 0 Å². The molecule has 29 heavy (non-hydrogen) atoms. The molecule has 3 aromatic carbocycles. The van der Waals surface area contributed by atoms with E-state index in [4.69, 9.17) is 0 Å². The monoisotopic (exact) mass is 433 g/mol. The number of hydrogen-bond acceptors (Lipinski definition) is 4. The molecule has 0 fully saturated rings. The first-order valence-electron chi connectivity index (χ1n) is 8.85. The van der Waals surface area contributed by atoms with Crippen LogP contribution in [-0.4, -0.2) is 26.7 Å². The lowest BCUT2D eigenvalue weighted by molar-refractivity contribution is 0.245. The van der Waals surface area contributed by atoms with Crippen molar-refractivity contribution in [3.8, 4) is 0 Å². The van der Waals surface area contributed by atoms with Gasteiger partial charge in [0.25, 0.3) is 20.0 Å². The molecule has 0 amide bonds. The molecule has 0 saturated carbocycles. The maximum absolute atomic E-state index is 14.8. The summed E-state index contributed by atoms with van der Waals surface area (Å²) in [6, 6.07) is 20.6. The zero-order valence-corrected chi connectivity index (χ0v) is 17.2. The molecule has 0 aliphatic rings. The van der Waals surface area contributed by atoms with E-state index in [9.17, 15) is 21.2 Å². The van der Waals surface area contributed by atoms with Crippen LogP contribution in [-0.2, 0) is 20.0 Å². The first-order valence-corrected chi connectivity index (χ1v) is 11.7. The summed E-state index contributed by atoms with van der Waals surface area (Å²) >= 11 is 0. The summed E-state index contributed by atoms with van der Waals surface area (Å²) in [6.45, 7) is 1.14. The Bertz CT molecular complexity index is 1080. The summed E-state index contributed by atoms with van der Waals surface area (Å²) < 4.78 is 68.9. The van der Waals surface area contributed by atoms with E-state index in [1.807, 2.05) is 0 Å². The largest absolute Gasteiger partial charge is 0.257 e. The van der Waals surface area contributed by atoms with Gasteiger partial charge in [0.15, 0.2) is 0 Å². The second kappa shape index (κ2) is 8.44. The maximum Gasteiger partial charge on any atom is 0.257 e. The average Bonchev–Trinajstić information content (AvgIpc) is 2.73. The van der Waals surface area contributed by atoms with Gasteiger partial charge in [-0.25, -0.2) is 21.2 Å². The lowest BCUT2D eigenvalue weighted by Gasteiger charge is -2.31. The van der Waals surface area contributed by atoms with E-state index in [-0.39, 0.29) is 15.4 Å². The molecule has 0 heterocycles. The van der Waals surface area contributed by atoms with Crippen LogP contribution in [0.15, 0.2) is 101 Å². The van der Waals surface area contributed by atoms with Crippen molar-refractivity contribution < 1.29 is 21.2 Å². The van der Waals surface area contributed by atoms with Crippen LogP contribution in [0, 0.1) is 0 Å². The van der Waals surface area contributed by atoms with Gasteiger partial charge in [0.2, 0.25) is 0 Å². The minimum absolute atomic E-state index is 0.235. The summed E-state index contributed by atoms with van der Waals surface area (Å²) in [5.41, 5.74) is 0.238. The third kappa shape index (κ3) is 4.24. The summed E-state index contributed by atoms with van der Waals surface area (Å²) in [5.74, 6) is 0. The SMILES string of the molecule is C[C@H](F)[C@H](c1ccccc1)N(S(=O)(=O)c1ccccc1)S(=O)(=O)c1ccccc1. The standard InChI is InChI=1S/C21H20FNO4S2/c1-17(22)21(18-11-5-2-6-12-18)23(28(24,25)19-13-7-3-8-14-19)29(26,27)20-15-9-4-10-16-20/h2-17,21H,1H3/t17-,21+/m0/s1. The van der Waals surface area contributed by atoms with Crippen LogP contribution in [0.2, 0.25) is 0 Å². The van der Waals surface area contributed by atoms with Gasteiger partial charge < -0.3 is 0 Å². The Labute approximate surface area is 170 Å². The number of alkyl halides is 1. The molecule has 0 N–H and O–H groups in total. The number of benzene rings is 3. The Morgan fingerprint density at radius 3 is 1.34 bits per heavy atom. The van der Waals surface area contributed by atoms with Crippen LogP contribution in [0.5, 0.6) is 0 Å². The maximum atomic E-state index is 14.8. The first-order chi connectivity index (χ1) is 13.8. The Hall–Kier alpha value is -2.55. The van der Waals surface area contributed by atoms with E-state index in [1.54, 1.807) is 30.3 Å². The van der Waals surface area contributed by atoms with Gasteiger partial charge in [0.05, 0.1) is 15.8 Å². The average molecular weight is 434 g/mol. The fourth-order valence-electron chi connectivity index (χ4n) is 3.03. The molecule has 0 unspecified atom stereocenters. The summed E-state index contributed by atoms with van der Waals surface area (Å²) in [4.78, 5) is -0.470. The number of rotatable bonds is 7. The van der Waals surface area contributed by atoms with E-state index >= 15 is 0 Å². The molecule has 0 aromatic heterocycles. The Morgan fingerprint density at radius 2 is 1.00 bits per heavy atom. The molecule has 152 valence electrons. The van der Waals surface area contributed by atoms with Crippen LogP contribution in [0.4, 0.5) is 4.39 Å². The third-order valence-electron chi connectivity index (χ3n) is 4.36. The van der Waals surface area contributed by atoms with Crippen LogP contribution in [0.1, 0.15) is 18.5 Å². The van der Waals surface area contributed by atoms with E-state index < -0.39 is 32.3 Å². The van der Waals surface area contributed by atoms with Gasteiger partial charge >= 0.3 is 0 Å². The number of nitrogens with zero attached hydrogens (tertiary/aromatic N) is 1. The van der Waals surface area contributed by atoms with E-state index in [2.05, 4.69) is 0 Å². The van der Waals surface area contributed by atoms with E-state index in [0.29, 0.717) is 3.71 Å². The van der Waals surface area contributed by atoms with Crippen molar-refractivity contribution in [2.45, 2.75) is 28.9 Å². The van der Waals surface area contributed by atoms with E-state index in [1.165, 1.54) is 60.7 Å². The topological polar surface area (TPSA) is 71.5 Å². The Balaban J connectivity index is 2.30. The van der Waals surface area contributed by atoms with Crippen LogP contribution in [0.3, 0.4) is 0 Å². The van der Waals surface area contributed by atoms with Crippen molar-refractivity contribution in [3.05, 3.63) is 96.6 Å². The lowest BCUT2D eigenvalue weighted by Crippen LogP contribution is -2.43. The third-order valence-corrected chi connectivity index (χ3v) is 8.67. The molecule has 0 saturated heterocycles. The first kappa shape index (κ1) is 21.2. The van der Waals surface area contributed by atoms with Crippen LogP contribution in [0.25, 0.3) is 0 Å². The Morgan fingerprint density at radius 1 is 0.655 bits per heavy atom. The van der Waals surface area contributed by atoms with Crippen molar-refractivity contribution in [1.82, 2.24) is 3.71 Å². The molecule has 0 spiro atoms. The lowest BCUT2D eigenvalue weighted by atomic mass is 10.0. The fourth-order valence-corrected chi connectivity index (χ4v) is 7.17. The number of halogens is 1. The van der Waals surface area contributed by atoms with Gasteiger partial charge in [-0.15, -0.1) is 0 Å². The molecule has 0 bridgehead atoms. The molecule has 0 aliphatic carbocycles. The molecular formula is C21H20FNO4S2. The predicted octanol–water partition coefficient (Wildman–Crippen LogP) is 4.17. The van der Waals surface area contributed by atoms with Crippen molar-refractivity contribution in [2.75, 3.05) is 0 Å². The van der Waals surface area contributed by atoms with Gasteiger partial charge in [-0.1, -0.05) is 70.4 Å². The highest BCUT2D eigenvalue weighted by Crippen LogP contribution is 2.37. The second-order valence-electron chi connectivity index (χ2n) is 6.39. The van der Waals surface area contributed by atoms with Gasteiger partial charge in [-0.2, -0.15) is 0 Å².